The first-order valence-electron chi connectivity index (χ1n) is 43.6. The van der Waals surface area contributed by atoms with Crippen molar-refractivity contribution in [3.63, 3.8) is 0 Å². The van der Waals surface area contributed by atoms with E-state index >= 15 is 0 Å². The normalized spacial score (nSPS) is 17.8. The first-order chi connectivity index (χ1) is 55.7. The Morgan fingerprint density at radius 2 is 0.681 bits per heavy atom. The maximum atomic E-state index is 14.0. The second kappa shape index (κ2) is 43.7. The fraction of sp³-hybridized carbons (Fsp3) is 0.576. The van der Waals surface area contributed by atoms with Crippen LogP contribution in [0.3, 0.4) is 0 Å². The molecule has 6 heterocycles. The highest BCUT2D eigenvalue weighted by Gasteiger charge is 2.37. The van der Waals surface area contributed by atoms with Gasteiger partial charge in [0.25, 0.3) is 0 Å². The number of aliphatic hydroxyl groups excluding tert-OH is 1. The molecule has 6 amide bonds. The Hall–Kier alpha value is -8.69. The first-order valence-corrected chi connectivity index (χ1v) is 43.6. The maximum absolute atomic E-state index is 14.0. The summed E-state index contributed by atoms with van der Waals surface area (Å²) in [5.74, 6) is 1.27. The monoisotopic (exact) mass is 1640 g/mol. The summed E-state index contributed by atoms with van der Waals surface area (Å²) in [5.41, 5.74) is 9.61. The Labute approximate surface area is 716 Å². The van der Waals surface area contributed by atoms with Crippen molar-refractivity contribution in [3.8, 4) is 0 Å². The second-order valence-corrected chi connectivity index (χ2v) is 39.5. The third-order valence-corrected chi connectivity index (χ3v) is 22.7. The average Bonchev–Trinajstić information content (AvgIpc) is 0.824. The van der Waals surface area contributed by atoms with Crippen LogP contribution < -0.4 is 14.7 Å². The number of piperazine rings is 6. The molecule has 6 fully saturated rings. The third kappa shape index (κ3) is 30.2. The molecule has 2 unspecified atom stereocenters. The van der Waals surface area contributed by atoms with Crippen molar-refractivity contribution in [3.05, 3.63) is 196 Å². The van der Waals surface area contributed by atoms with Gasteiger partial charge >= 0.3 is 0 Å². The molecule has 6 aromatic carbocycles. The number of rotatable bonds is 10. The van der Waals surface area contributed by atoms with Crippen LogP contribution in [-0.2, 0) is 48.5 Å². The van der Waals surface area contributed by atoms with Crippen molar-refractivity contribution >= 4 is 52.5 Å². The molecule has 0 radical (unpaired) electrons. The van der Waals surface area contributed by atoms with Crippen LogP contribution in [0.25, 0.3) is 0 Å². The Morgan fingerprint density at radius 3 is 1.05 bits per heavy atom. The molecule has 19 nitrogen and oxygen atoms in total. The molecular formula is C99H149FN12O7. The fourth-order valence-corrected chi connectivity index (χ4v) is 15.5. The van der Waals surface area contributed by atoms with E-state index < -0.39 is 0 Å². The first kappa shape index (κ1) is 97.4. The summed E-state index contributed by atoms with van der Waals surface area (Å²) in [6.07, 6.45) is 0. The molecule has 6 saturated heterocycles. The van der Waals surface area contributed by atoms with E-state index in [4.69, 9.17) is 0 Å². The molecule has 12 rings (SSSR count). The SMILES string of the molecule is CC(C)(C)C(=O)N1CCN(Cc2ccccc2)CC1.CC(c1ccccc1)N1CCN(C(=O)C(C)(C)C)CC1.CC1CN(c2ccccc2)CCN1C(=O)C(C)(C)C.Cc1ccc(CN2CCN(C(=O)C(C)(C)C)CC2)cc1.Cc1ccc(N2CCN(C(=O)C(C)(C)C)CC2)c(CO)c1.Cc1ccc(N2CCN(C(=O)C(C)(C)C)CC2)c(F)c1. The molecule has 0 saturated carbocycles. The standard InChI is InChI=1S/C17H26N2O2.2C17H26N2O.C16H23FN2O.2C16H24N2O/c1-13-5-6-15(14(11-13)12-20)18-7-9-19(10-8-18)16(21)17(2,3)4;1-14-5-7-15(8-6-14)13-18-9-11-19(12-10-18)16(20)17(2,3)4;1-14(15-8-6-5-7-9-15)18-10-12-19(13-11-18)16(20)17(2,3)4;1-12-5-6-14(13(17)11-12)18-7-9-19(10-8-18)15(20)16(2,3)4;1-13-12-17(14-8-6-5-7-9-14)10-11-18(13)15(19)16(2,3)4;1-16(2,3)15(19)18-11-9-17(10-12-18)13-14-7-5-4-6-8-14/h5-6,11,20H,7-10,12H2,1-4H3;5-8H,9-13H2,1-4H3;5-9,14H,10-13H2,1-4H3;5-6,11H,7-10H2,1-4H3;5-9,13H,10-12H2,1-4H3;4-8H,9-13H2,1-3H3. The summed E-state index contributed by atoms with van der Waals surface area (Å²) in [6.45, 7) is 67.3. The van der Waals surface area contributed by atoms with Gasteiger partial charge in [0.15, 0.2) is 0 Å². The quantitative estimate of drug-likeness (QED) is 0.138. The molecular weight excluding hydrogens is 1490 g/mol. The van der Waals surface area contributed by atoms with Crippen LogP contribution in [0.4, 0.5) is 21.5 Å². The molecule has 6 aliphatic rings. The van der Waals surface area contributed by atoms with E-state index in [-0.39, 0.29) is 86.4 Å². The Balaban J connectivity index is 0.000000197. The summed E-state index contributed by atoms with van der Waals surface area (Å²) in [4.78, 5) is 99.4. The smallest absolute Gasteiger partial charge is 0.228 e. The van der Waals surface area contributed by atoms with Crippen LogP contribution in [-0.4, -0.2) is 241 Å². The van der Waals surface area contributed by atoms with Gasteiger partial charge in [0.2, 0.25) is 35.4 Å². The van der Waals surface area contributed by atoms with Gasteiger partial charge in [0.1, 0.15) is 5.82 Å². The fourth-order valence-electron chi connectivity index (χ4n) is 15.5. The van der Waals surface area contributed by atoms with Crippen molar-refractivity contribution in [1.29, 1.82) is 0 Å². The molecule has 2 atom stereocenters. The van der Waals surface area contributed by atoms with E-state index in [9.17, 15) is 38.3 Å². The lowest BCUT2D eigenvalue weighted by molar-refractivity contribution is -0.142. The number of carbonyl (C=O) groups excluding carboxylic acids is 6. The predicted molar refractivity (Wildman–Crippen MR) is 487 cm³/mol. The predicted octanol–water partition coefficient (Wildman–Crippen LogP) is 15.8. The lowest BCUT2D eigenvalue weighted by Gasteiger charge is -2.43. The zero-order valence-corrected chi connectivity index (χ0v) is 77.1. The average molecular weight is 1640 g/mol. The van der Waals surface area contributed by atoms with Gasteiger partial charge in [-0.3, -0.25) is 43.5 Å². The number of nitrogens with zero attached hydrogens (tertiary/aromatic N) is 12. The van der Waals surface area contributed by atoms with E-state index in [0.29, 0.717) is 37.9 Å². The van der Waals surface area contributed by atoms with Crippen molar-refractivity contribution < 1.29 is 38.3 Å². The minimum atomic E-state index is -0.350. The van der Waals surface area contributed by atoms with Gasteiger partial charge in [-0.15, -0.1) is 0 Å². The minimum Gasteiger partial charge on any atom is -0.392 e. The highest BCUT2D eigenvalue weighted by Crippen LogP contribution is 2.31. The Bertz CT molecular complexity index is 4140. The molecule has 6 aromatic rings. The lowest BCUT2D eigenvalue weighted by atomic mass is 9.93. The zero-order valence-electron chi connectivity index (χ0n) is 77.1. The van der Waals surface area contributed by atoms with Crippen LogP contribution >= 0.6 is 0 Å². The van der Waals surface area contributed by atoms with Gasteiger partial charge < -0.3 is 49.2 Å². The summed E-state index contributed by atoms with van der Waals surface area (Å²) >= 11 is 0. The number of para-hydroxylation sites is 1. The van der Waals surface area contributed by atoms with Crippen LogP contribution in [0, 0.1) is 59.1 Å². The second-order valence-electron chi connectivity index (χ2n) is 39.5. The van der Waals surface area contributed by atoms with Gasteiger partial charge in [0.05, 0.1) is 12.3 Å². The van der Waals surface area contributed by atoms with Crippen molar-refractivity contribution in [1.82, 2.24) is 44.1 Å². The maximum Gasteiger partial charge on any atom is 0.228 e. The van der Waals surface area contributed by atoms with Crippen molar-refractivity contribution in [2.24, 2.45) is 32.5 Å². The lowest BCUT2D eigenvalue weighted by Crippen LogP contribution is -2.56. The van der Waals surface area contributed by atoms with Gasteiger partial charge in [-0.25, -0.2) is 4.39 Å². The number of hydrogen-bond acceptors (Lipinski definition) is 13. The summed E-state index contributed by atoms with van der Waals surface area (Å²) in [7, 11) is 0. The van der Waals surface area contributed by atoms with Gasteiger partial charge in [-0.1, -0.05) is 257 Å². The molecule has 0 bridgehead atoms. The number of anilines is 3. The molecule has 119 heavy (non-hydrogen) atoms. The van der Waals surface area contributed by atoms with Crippen LogP contribution in [0.2, 0.25) is 0 Å². The molecule has 20 heteroatoms. The summed E-state index contributed by atoms with van der Waals surface area (Å²) in [6, 6.07) is 52.4. The van der Waals surface area contributed by atoms with E-state index in [1.807, 2.05) is 203 Å². The number of aliphatic hydroxyl groups is 1. The van der Waals surface area contributed by atoms with E-state index in [2.05, 4.69) is 161 Å². The topological polar surface area (TPSA) is 162 Å². The van der Waals surface area contributed by atoms with Crippen LogP contribution in [0.1, 0.15) is 183 Å². The van der Waals surface area contributed by atoms with E-state index in [1.165, 1.54) is 27.9 Å². The number of halogens is 1. The molecule has 654 valence electrons. The van der Waals surface area contributed by atoms with Gasteiger partial charge in [0, 0.05) is 225 Å². The molecule has 0 aromatic heterocycles. The highest BCUT2D eigenvalue weighted by atomic mass is 19.1. The number of benzene rings is 6. The van der Waals surface area contributed by atoms with E-state index in [0.717, 1.165) is 160 Å². The third-order valence-electron chi connectivity index (χ3n) is 22.7. The molecule has 0 spiro atoms. The number of hydrogen-bond donors (Lipinski definition) is 1. The molecule has 1 N–H and O–H groups in total. The van der Waals surface area contributed by atoms with E-state index in [1.54, 1.807) is 6.07 Å². The number of aryl methyl sites for hydroxylation is 3. The van der Waals surface area contributed by atoms with Crippen molar-refractivity contribution in [2.75, 3.05) is 165 Å². The number of amides is 6. The summed E-state index contributed by atoms with van der Waals surface area (Å²) in [5, 5.41) is 9.53. The largest absolute Gasteiger partial charge is 0.392 e. The zero-order chi connectivity index (χ0) is 88.0. The minimum absolute atomic E-state index is 0.0537. The Morgan fingerprint density at radius 1 is 0.361 bits per heavy atom. The molecule has 0 aliphatic carbocycles. The van der Waals surface area contributed by atoms with Gasteiger partial charge in [-0.2, -0.15) is 0 Å². The highest BCUT2D eigenvalue weighted by molar-refractivity contribution is 5.84. The van der Waals surface area contributed by atoms with Crippen molar-refractivity contribution in [2.45, 2.75) is 191 Å². The number of carbonyl (C=O) groups is 6. The van der Waals surface area contributed by atoms with Gasteiger partial charge in [-0.05, 0) is 87.2 Å². The van der Waals surface area contributed by atoms with Crippen LogP contribution in [0.15, 0.2) is 152 Å². The molecule has 6 aliphatic heterocycles. The van der Waals surface area contributed by atoms with Crippen LogP contribution in [0.5, 0.6) is 0 Å². The Kier molecular flexibility index (Phi) is 35.8. The summed E-state index contributed by atoms with van der Waals surface area (Å²) < 4.78 is 14.0.